The van der Waals surface area contributed by atoms with Gasteiger partial charge >= 0.3 is 0 Å². The summed E-state index contributed by atoms with van der Waals surface area (Å²) >= 11 is 0. The van der Waals surface area contributed by atoms with Crippen molar-refractivity contribution in [3.63, 3.8) is 0 Å². The lowest BCUT2D eigenvalue weighted by atomic mass is 10.0. The predicted molar refractivity (Wildman–Crippen MR) is 89.2 cm³/mol. The summed E-state index contributed by atoms with van der Waals surface area (Å²) in [5.74, 6) is 0.172. The fourth-order valence-electron chi connectivity index (χ4n) is 2.31. The molecule has 0 aliphatic carbocycles. The van der Waals surface area contributed by atoms with Crippen molar-refractivity contribution in [2.45, 2.75) is 66.0 Å². The maximum Gasteiger partial charge on any atom is 0.252 e. The van der Waals surface area contributed by atoms with Gasteiger partial charge in [-0.3, -0.25) is 4.79 Å². The summed E-state index contributed by atoms with van der Waals surface area (Å²) in [5.41, 5.74) is 2.06. The van der Waals surface area contributed by atoms with Crippen molar-refractivity contribution >= 4 is 16.9 Å². The fraction of sp³-hybridized carbons (Fsp3) is 0.588. The van der Waals surface area contributed by atoms with Gasteiger partial charge in [0.1, 0.15) is 0 Å². The molecular formula is C17H26N4O. The highest BCUT2D eigenvalue weighted by Crippen LogP contribution is 2.24. The first-order valence-electron chi connectivity index (χ1n) is 7.81. The lowest BCUT2D eigenvalue weighted by molar-refractivity contribution is 0.0921. The molecule has 0 radical (unpaired) electrons. The van der Waals surface area contributed by atoms with E-state index >= 15 is 0 Å². The van der Waals surface area contributed by atoms with E-state index in [0.717, 1.165) is 16.7 Å². The van der Waals surface area contributed by atoms with E-state index in [9.17, 15) is 4.79 Å². The monoisotopic (exact) mass is 302 g/mol. The van der Waals surface area contributed by atoms with Gasteiger partial charge in [0.2, 0.25) is 0 Å². The Morgan fingerprint density at radius 2 is 1.86 bits per heavy atom. The number of hydrogen-bond donors (Lipinski definition) is 1. The van der Waals surface area contributed by atoms with E-state index in [4.69, 9.17) is 4.98 Å². The molecule has 1 N–H and O–H groups in total. The Bertz CT molecular complexity index is 692. The Hall–Kier alpha value is -1.91. The van der Waals surface area contributed by atoms with E-state index in [0.29, 0.717) is 5.56 Å². The summed E-state index contributed by atoms with van der Waals surface area (Å²) in [6.45, 7) is 14.2. The molecule has 0 spiro atoms. The van der Waals surface area contributed by atoms with Crippen LogP contribution < -0.4 is 5.32 Å². The van der Waals surface area contributed by atoms with Crippen LogP contribution in [-0.4, -0.2) is 26.2 Å². The number of amides is 1. The largest absolute Gasteiger partial charge is 0.347 e. The van der Waals surface area contributed by atoms with Crippen molar-refractivity contribution in [2.24, 2.45) is 0 Å². The van der Waals surface area contributed by atoms with Crippen molar-refractivity contribution in [3.05, 3.63) is 23.5 Å². The van der Waals surface area contributed by atoms with Gasteiger partial charge in [-0.2, -0.15) is 5.10 Å². The number of nitrogens with zero attached hydrogens (tertiary/aromatic N) is 3. The highest BCUT2D eigenvalue weighted by Gasteiger charge is 2.21. The average molecular weight is 302 g/mol. The second kappa shape index (κ2) is 5.71. The third-order valence-corrected chi connectivity index (χ3v) is 3.40. The van der Waals surface area contributed by atoms with Crippen LogP contribution in [0.5, 0.6) is 0 Å². The summed E-state index contributed by atoms with van der Waals surface area (Å²) in [7, 11) is 0. The van der Waals surface area contributed by atoms with Crippen molar-refractivity contribution in [2.75, 3.05) is 0 Å². The summed E-state index contributed by atoms with van der Waals surface area (Å²) in [4.78, 5) is 17.4. The maximum atomic E-state index is 12.7. The van der Waals surface area contributed by atoms with Crippen molar-refractivity contribution < 1.29 is 4.79 Å². The zero-order chi connectivity index (χ0) is 16.7. The highest BCUT2D eigenvalue weighted by atomic mass is 16.1. The maximum absolute atomic E-state index is 12.7. The molecule has 2 aromatic rings. The molecule has 0 bridgehead atoms. The summed E-state index contributed by atoms with van der Waals surface area (Å²) in [6, 6.07) is 2.09. The number of rotatable bonds is 3. The molecule has 0 aliphatic rings. The summed E-state index contributed by atoms with van der Waals surface area (Å²) in [5, 5.41) is 8.24. The molecule has 0 saturated heterocycles. The first kappa shape index (κ1) is 16.5. The van der Waals surface area contributed by atoms with Gasteiger partial charge in [-0.25, -0.2) is 9.67 Å². The van der Waals surface area contributed by atoms with Crippen LogP contribution in [-0.2, 0) is 0 Å². The molecule has 2 rings (SSSR count). The lowest BCUT2D eigenvalue weighted by Gasteiger charge is -2.21. The molecular weight excluding hydrogens is 276 g/mol. The van der Waals surface area contributed by atoms with E-state index in [1.165, 1.54) is 0 Å². The second-order valence-corrected chi connectivity index (χ2v) is 7.37. The van der Waals surface area contributed by atoms with E-state index in [1.807, 2.05) is 31.5 Å². The molecule has 1 amide bonds. The van der Waals surface area contributed by atoms with Crippen molar-refractivity contribution in [3.8, 4) is 0 Å². The number of carbonyl (C=O) groups excluding carboxylic acids is 1. The number of hydrogen-bond acceptors (Lipinski definition) is 3. The average Bonchev–Trinajstić information content (AvgIpc) is 2.78. The third-order valence-electron chi connectivity index (χ3n) is 3.40. The van der Waals surface area contributed by atoms with Gasteiger partial charge in [-0.05, 0) is 46.6 Å². The SMILES string of the molecule is CC(C)c1cc(C(=O)NC(C)(C)C)c2cnn(C(C)C)c2n1. The smallest absolute Gasteiger partial charge is 0.252 e. The number of carbonyl (C=O) groups is 1. The minimum atomic E-state index is -0.279. The minimum absolute atomic E-state index is 0.0786. The predicted octanol–water partition coefficient (Wildman–Crippen LogP) is 3.66. The first-order valence-corrected chi connectivity index (χ1v) is 7.81. The van der Waals surface area contributed by atoms with Crippen LogP contribution in [0.3, 0.4) is 0 Å². The Labute approximate surface area is 132 Å². The summed E-state index contributed by atoms with van der Waals surface area (Å²) in [6.07, 6.45) is 1.74. The molecule has 5 heteroatoms. The number of pyridine rings is 1. The van der Waals surface area contributed by atoms with E-state index in [-0.39, 0.29) is 23.4 Å². The van der Waals surface area contributed by atoms with E-state index < -0.39 is 0 Å². The Morgan fingerprint density at radius 1 is 1.23 bits per heavy atom. The van der Waals surface area contributed by atoms with Crippen LogP contribution in [0.15, 0.2) is 12.3 Å². The van der Waals surface area contributed by atoms with Crippen molar-refractivity contribution in [1.29, 1.82) is 0 Å². The highest BCUT2D eigenvalue weighted by molar-refractivity contribution is 6.05. The fourth-order valence-corrected chi connectivity index (χ4v) is 2.31. The van der Waals surface area contributed by atoms with E-state index in [1.54, 1.807) is 6.20 Å². The molecule has 0 unspecified atom stereocenters. The van der Waals surface area contributed by atoms with Crippen LogP contribution in [0.2, 0.25) is 0 Å². The Balaban J connectivity index is 2.64. The number of nitrogens with one attached hydrogen (secondary N) is 1. The van der Waals surface area contributed by atoms with Crippen LogP contribution >= 0.6 is 0 Å². The molecule has 0 aromatic carbocycles. The van der Waals surface area contributed by atoms with Gasteiger partial charge in [0.25, 0.3) is 5.91 Å². The first-order chi connectivity index (χ1) is 10.1. The molecule has 22 heavy (non-hydrogen) atoms. The Kier molecular flexibility index (Phi) is 4.27. The normalized spacial score (nSPS) is 12.4. The van der Waals surface area contributed by atoms with E-state index in [2.05, 4.69) is 38.1 Å². The van der Waals surface area contributed by atoms with Gasteiger partial charge < -0.3 is 5.32 Å². The van der Waals surface area contributed by atoms with Gasteiger partial charge in [0.15, 0.2) is 5.65 Å². The quantitative estimate of drug-likeness (QED) is 0.941. The van der Waals surface area contributed by atoms with Gasteiger partial charge in [-0.1, -0.05) is 13.8 Å². The van der Waals surface area contributed by atoms with Crippen LogP contribution in [0.1, 0.15) is 76.5 Å². The molecule has 2 heterocycles. The molecule has 5 nitrogen and oxygen atoms in total. The third kappa shape index (κ3) is 3.29. The molecule has 120 valence electrons. The molecule has 2 aromatic heterocycles. The molecule has 0 aliphatic heterocycles. The standard InChI is InChI=1S/C17H26N4O/c1-10(2)14-8-12(16(22)20-17(5,6)7)13-9-18-21(11(3)4)15(13)19-14/h8-11H,1-7H3,(H,20,22). The van der Waals surface area contributed by atoms with Crippen LogP contribution in [0, 0.1) is 0 Å². The molecule has 0 saturated carbocycles. The minimum Gasteiger partial charge on any atom is -0.347 e. The topological polar surface area (TPSA) is 59.8 Å². The van der Waals surface area contributed by atoms with Gasteiger partial charge in [-0.15, -0.1) is 0 Å². The zero-order valence-electron chi connectivity index (χ0n) is 14.6. The lowest BCUT2D eigenvalue weighted by Crippen LogP contribution is -2.40. The number of aromatic nitrogens is 3. The zero-order valence-corrected chi connectivity index (χ0v) is 14.6. The Morgan fingerprint density at radius 3 is 2.36 bits per heavy atom. The number of fused-ring (bicyclic) bond motifs is 1. The van der Waals surface area contributed by atoms with Gasteiger partial charge in [0, 0.05) is 17.3 Å². The molecule has 0 atom stereocenters. The van der Waals surface area contributed by atoms with Crippen LogP contribution in [0.25, 0.3) is 11.0 Å². The molecule has 0 fully saturated rings. The van der Waals surface area contributed by atoms with Crippen molar-refractivity contribution in [1.82, 2.24) is 20.1 Å². The van der Waals surface area contributed by atoms with Crippen LogP contribution in [0.4, 0.5) is 0 Å². The summed E-state index contributed by atoms with van der Waals surface area (Å²) < 4.78 is 1.87. The van der Waals surface area contributed by atoms with Gasteiger partial charge in [0.05, 0.1) is 17.1 Å². The second-order valence-electron chi connectivity index (χ2n) is 7.37.